The Morgan fingerprint density at radius 1 is 1.40 bits per heavy atom. The molecule has 0 aliphatic rings. The fourth-order valence-electron chi connectivity index (χ4n) is 1.33. The molecule has 0 aromatic carbocycles. The predicted octanol–water partition coefficient (Wildman–Crippen LogP) is 2.65. The molecule has 2 aromatic rings. The number of rotatable bonds is 4. The Labute approximate surface area is 128 Å². The quantitative estimate of drug-likeness (QED) is 0.691. The maximum atomic E-state index is 10.7. The second kappa shape index (κ2) is 6.21. The highest BCUT2D eigenvalue weighted by molar-refractivity contribution is 7.15. The van der Waals surface area contributed by atoms with E-state index in [-0.39, 0.29) is 4.88 Å². The van der Waals surface area contributed by atoms with Crippen LogP contribution in [0.25, 0.3) is 0 Å². The second-order valence-corrected chi connectivity index (χ2v) is 5.67. The van der Waals surface area contributed by atoms with Crippen molar-refractivity contribution in [2.45, 2.75) is 6.92 Å². The number of hydrazone groups is 1. The number of carboxylic acids is 1. The van der Waals surface area contributed by atoms with Gasteiger partial charge in [0, 0.05) is 6.20 Å². The summed E-state index contributed by atoms with van der Waals surface area (Å²) < 4.78 is 0. The van der Waals surface area contributed by atoms with E-state index in [4.69, 9.17) is 23.2 Å². The third-order valence-electron chi connectivity index (χ3n) is 2.30. The summed E-state index contributed by atoms with van der Waals surface area (Å²) in [6.45, 7) is 1.74. The zero-order chi connectivity index (χ0) is 14.7. The van der Waals surface area contributed by atoms with Gasteiger partial charge in [-0.2, -0.15) is 5.10 Å². The maximum Gasteiger partial charge on any atom is 0.165 e. The molecule has 2 heterocycles. The number of halogens is 2. The molecule has 0 amide bonds. The molecule has 2 rings (SSSR count). The number of nitrogens with zero attached hydrogens (tertiary/aromatic N) is 2. The van der Waals surface area contributed by atoms with E-state index in [1.807, 2.05) is 0 Å². The predicted molar refractivity (Wildman–Crippen MR) is 78.7 cm³/mol. The third kappa shape index (κ3) is 3.47. The largest absolute Gasteiger partial charge is 0.544 e. The summed E-state index contributed by atoms with van der Waals surface area (Å²) in [7, 11) is 0. The number of hydrogen-bond acceptors (Lipinski definition) is 6. The Morgan fingerprint density at radius 3 is 2.70 bits per heavy atom. The molecule has 5 nitrogen and oxygen atoms in total. The van der Waals surface area contributed by atoms with Crippen molar-refractivity contribution >= 4 is 52.0 Å². The Hall–Kier alpha value is -1.63. The van der Waals surface area contributed by atoms with Gasteiger partial charge >= 0.3 is 0 Å². The fraction of sp³-hybridized carbons (Fsp3) is 0.0833. The summed E-state index contributed by atoms with van der Waals surface area (Å²) >= 11 is 12.8. The number of anilines is 1. The van der Waals surface area contributed by atoms with Gasteiger partial charge < -0.3 is 9.90 Å². The lowest BCUT2D eigenvalue weighted by molar-refractivity contribution is -0.254. The Morgan fingerprint density at radius 2 is 2.10 bits per heavy atom. The van der Waals surface area contributed by atoms with Crippen LogP contribution in [-0.4, -0.2) is 16.7 Å². The van der Waals surface area contributed by atoms with Gasteiger partial charge in [0.2, 0.25) is 0 Å². The second-order valence-electron chi connectivity index (χ2n) is 3.74. The van der Waals surface area contributed by atoms with Crippen LogP contribution in [0.1, 0.15) is 21.5 Å². The highest BCUT2D eigenvalue weighted by Gasteiger charge is 2.05. The van der Waals surface area contributed by atoms with Crippen LogP contribution in [0.3, 0.4) is 0 Å². The molecule has 0 spiro atoms. The number of nitrogens with one attached hydrogen (secondary N) is 1. The highest BCUT2D eigenvalue weighted by atomic mass is 35.5. The van der Waals surface area contributed by atoms with Crippen LogP contribution in [0, 0.1) is 0 Å². The molecule has 8 heteroatoms. The standard InChI is InChI=1S/C12H9Cl2N3O2S/c1-6(9-2-3-10(20-9)12(18)19)16-17-11-8(14)4-7(13)5-15-11/h2-5H,1H3,(H,15,17)(H,18,19)/p-1/b16-6-. The lowest BCUT2D eigenvalue weighted by Crippen LogP contribution is -2.20. The summed E-state index contributed by atoms with van der Waals surface area (Å²) in [6.07, 6.45) is 1.44. The minimum atomic E-state index is -1.20. The molecule has 0 aliphatic carbocycles. The molecule has 0 saturated carbocycles. The highest BCUT2D eigenvalue weighted by Crippen LogP contribution is 2.23. The van der Waals surface area contributed by atoms with Crippen molar-refractivity contribution in [3.8, 4) is 0 Å². The van der Waals surface area contributed by atoms with Gasteiger partial charge in [0.25, 0.3) is 0 Å². The summed E-state index contributed by atoms with van der Waals surface area (Å²) in [5.41, 5.74) is 3.31. The van der Waals surface area contributed by atoms with Crippen LogP contribution in [-0.2, 0) is 0 Å². The Balaban J connectivity index is 2.15. The number of aromatic nitrogens is 1. The van der Waals surface area contributed by atoms with E-state index in [1.54, 1.807) is 19.1 Å². The smallest absolute Gasteiger partial charge is 0.165 e. The van der Waals surface area contributed by atoms with E-state index in [0.29, 0.717) is 26.5 Å². The van der Waals surface area contributed by atoms with Crippen LogP contribution < -0.4 is 10.5 Å². The SMILES string of the molecule is C/C(=N/Nc1ncc(Cl)cc1Cl)c1ccc(C(=O)[O-])s1. The van der Waals surface area contributed by atoms with E-state index < -0.39 is 5.97 Å². The molecule has 0 radical (unpaired) electrons. The lowest BCUT2D eigenvalue weighted by atomic mass is 10.3. The average molecular weight is 329 g/mol. The summed E-state index contributed by atoms with van der Waals surface area (Å²) in [4.78, 5) is 15.6. The van der Waals surface area contributed by atoms with E-state index >= 15 is 0 Å². The van der Waals surface area contributed by atoms with E-state index in [2.05, 4.69) is 15.5 Å². The Kier molecular flexibility index (Phi) is 4.59. The molecule has 0 bridgehead atoms. The van der Waals surface area contributed by atoms with Crippen molar-refractivity contribution in [1.82, 2.24) is 4.98 Å². The van der Waals surface area contributed by atoms with Gasteiger partial charge in [0.1, 0.15) is 0 Å². The third-order valence-corrected chi connectivity index (χ3v) is 3.97. The van der Waals surface area contributed by atoms with E-state index in [1.165, 1.54) is 12.3 Å². The van der Waals surface area contributed by atoms with Crippen molar-refractivity contribution in [3.63, 3.8) is 0 Å². The van der Waals surface area contributed by atoms with E-state index in [9.17, 15) is 9.90 Å². The number of carbonyl (C=O) groups is 1. The summed E-state index contributed by atoms with van der Waals surface area (Å²) in [6, 6.07) is 4.68. The van der Waals surface area contributed by atoms with Crippen molar-refractivity contribution in [2.75, 3.05) is 5.43 Å². The maximum absolute atomic E-state index is 10.7. The molecular weight excluding hydrogens is 321 g/mol. The van der Waals surface area contributed by atoms with Crippen LogP contribution in [0.2, 0.25) is 10.0 Å². The summed E-state index contributed by atoms with van der Waals surface area (Å²) in [5.74, 6) is -0.837. The normalized spacial score (nSPS) is 11.4. The molecule has 2 aromatic heterocycles. The lowest BCUT2D eigenvalue weighted by Gasteiger charge is -2.03. The first-order valence-corrected chi connectivity index (χ1v) is 6.97. The zero-order valence-corrected chi connectivity index (χ0v) is 12.5. The molecule has 0 atom stereocenters. The Bertz CT molecular complexity index is 685. The molecule has 0 fully saturated rings. The molecule has 104 valence electrons. The minimum Gasteiger partial charge on any atom is -0.544 e. The average Bonchev–Trinajstić information content (AvgIpc) is 2.87. The topological polar surface area (TPSA) is 77.4 Å². The first-order chi connectivity index (χ1) is 9.47. The molecule has 1 N–H and O–H groups in total. The van der Waals surface area contributed by atoms with Gasteiger partial charge in [0.05, 0.1) is 31.5 Å². The minimum absolute atomic E-state index is 0.150. The fourth-order valence-corrected chi connectivity index (χ4v) is 2.54. The van der Waals surface area contributed by atoms with Crippen LogP contribution in [0.5, 0.6) is 0 Å². The van der Waals surface area contributed by atoms with E-state index in [0.717, 1.165) is 11.3 Å². The number of pyridine rings is 1. The van der Waals surface area contributed by atoms with Gasteiger partial charge in [-0.05, 0) is 25.1 Å². The van der Waals surface area contributed by atoms with Crippen molar-refractivity contribution < 1.29 is 9.90 Å². The molecule has 20 heavy (non-hydrogen) atoms. The monoisotopic (exact) mass is 328 g/mol. The first kappa shape index (κ1) is 14.8. The molecule has 0 saturated heterocycles. The molecular formula is C12H8Cl2N3O2S-. The van der Waals surface area contributed by atoms with Gasteiger partial charge in [-0.3, -0.25) is 5.43 Å². The van der Waals surface area contributed by atoms with Gasteiger partial charge in [-0.1, -0.05) is 23.2 Å². The summed E-state index contributed by atoms with van der Waals surface area (Å²) in [5, 5.41) is 15.6. The molecule has 0 aliphatic heterocycles. The number of thiophene rings is 1. The zero-order valence-electron chi connectivity index (χ0n) is 10.2. The number of hydrogen-bond donors (Lipinski definition) is 1. The van der Waals surface area contributed by atoms with Crippen LogP contribution in [0.15, 0.2) is 29.5 Å². The van der Waals surface area contributed by atoms with Crippen LogP contribution >= 0.6 is 34.5 Å². The van der Waals surface area contributed by atoms with Gasteiger partial charge in [-0.15, -0.1) is 11.3 Å². The first-order valence-electron chi connectivity index (χ1n) is 5.40. The van der Waals surface area contributed by atoms with Crippen LogP contribution in [0.4, 0.5) is 5.82 Å². The van der Waals surface area contributed by atoms with Gasteiger partial charge in [-0.25, -0.2) is 4.98 Å². The number of carboxylic acid groups (broad SMARTS) is 1. The van der Waals surface area contributed by atoms with Crippen molar-refractivity contribution in [3.05, 3.63) is 44.2 Å². The number of aromatic carboxylic acids is 1. The van der Waals surface area contributed by atoms with Crippen molar-refractivity contribution in [1.29, 1.82) is 0 Å². The number of carbonyl (C=O) groups excluding carboxylic acids is 1. The molecule has 0 unspecified atom stereocenters. The van der Waals surface area contributed by atoms with Crippen molar-refractivity contribution in [2.24, 2.45) is 5.10 Å². The van der Waals surface area contributed by atoms with Gasteiger partial charge in [0.15, 0.2) is 5.82 Å².